The smallest absolute Gasteiger partial charge is 0.337 e. The molecular weight excluding hydrogens is 588 g/mol. The third-order valence-electron chi connectivity index (χ3n) is 8.46. The van der Waals surface area contributed by atoms with Gasteiger partial charge in [0.2, 0.25) is 0 Å². The van der Waals surface area contributed by atoms with E-state index in [0.29, 0.717) is 34.4 Å². The number of nitrogens with zero attached hydrogens (tertiary/aromatic N) is 4. The highest BCUT2D eigenvalue weighted by Gasteiger charge is 2.37. The van der Waals surface area contributed by atoms with Crippen molar-refractivity contribution in [1.29, 1.82) is 0 Å². The van der Waals surface area contributed by atoms with Crippen molar-refractivity contribution in [1.82, 2.24) is 14.6 Å². The third kappa shape index (κ3) is 6.49. The van der Waals surface area contributed by atoms with Gasteiger partial charge in [-0.1, -0.05) is 55.0 Å². The fourth-order valence-corrected chi connectivity index (χ4v) is 6.28. The minimum absolute atomic E-state index is 0.0160. The highest BCUT2D eigenvalue weighted by molar-refractivity contribution is 6.31. The number of halogens is 1. The average molecular weight is 627 g/mol. The highest BCUT2D eigenvalue weighted by Crippen LogP contribution is 2.41. The van der Waals surface area contributed by atoms with Crippen LogP contribution < -0.4 is 9.64 Å². The molecule has 4 aromatic rings. The second-order valence-electron chi connectivity index (χ2n) is 13.1. The Morgan fingerprint density at radius 2 is 1.84 bits per heavy atom. The molecule has 0 aliphatic carbocycles. The maximum atomic E-state index is 12.8. The summed E-state index contributed by atoms with van der Waals surface area (Å²) in [6.07, 6.45) is 8.95. The van der Waals surface area contributed by atoms with Gasteiger partial charge in [-0.2, -0.15) is 9.61 Å². The van der Waals surface area contributed by atoms with E-state index in [0.717, 1.165) is 54.1 Å². The number of aromatic nitrogens is 3. The number of hydrogen-bond donors (Lipinski definition) is 1. The van der Waals surface area contributed by atoms with Gasteiger partial charge < -0.3 is 19.5 Å². The van der Waals surface area contributed by atoms with E-state index in [-0.39, 0.29) is 5.41 Å². The predicted molar refractivity (Wildman–Crippen MR) is 178 cm³/mol. The van der Waals surface area contributed by atoms with Crippen molar-refractivity contribution in [3.63, 3.8) is 0 Å². The average Bonchev–Trinajstić information content (AvgIpc) is 3.41. The summed E-state index contributed by atoms with van der Waals surface area (Å²) in [6.45, 7) is 11.6. The Morgan fingerprint density at radius 1 is 1.09 bits per heavy atom. The maximum Gasteiger partial charge on any atom is 0.337 e. The quantitative estimate of drug-likeness (QED) is 0.246. The Hall–Kier alpha value is -4.14. The molecule has 45 heavy (non-hydrogen) atoms. The Morgan fingerprint density at radius 3 is 2.58 bits per heavy atom. The van der Waals surface area contributed by atoms with Crippen LogP contribution in [0, 0.1) is 12.3 Å². The number of allylic oxidation sites excluding steroid dienone is 3. The summed E-state index contributed by atoms with van der Waals surface area (Å²) in [5.74, 6) is 0.391. The number of carboxylic acids is 1. The first kappa shape index (κ1) is 30.9. The number of benzene rings is 2. The van der Waals surface area contributed by atoms with Crippen LogP contribution in [0.5, 0.6) is 5.75 Å². The molecule has 0 radical (unpaired) electrons. The van der Waals surface area contributed by atoms with Gasteiger partial charge in [0.05, 0.1) is 16.9 Å². The van der Waals surface area contributed by atoms with Crippen LogP contribution in [0.4, 0.5) is 5.82 Å². The van der Waals surface area contributed by atoms with Gasteiger partial charge in [0.1, 0.15) is 18.2 Å². The van der Waals surface area contributed by atoms with Crippen LogP contribution in [-0.4, -0.2) is 51.0 Å². The van der Waals surface area contributed by atoms with Gasteiger partial charge in [-0.3, -0.25) is 0 Å². The lowest BCUT2D eigenvalue weighted by molar-refractivity contribution is -0.160. The second kappa shape index (κ2) is 12.0. The van der Waals surface area contributed by atoms with Gasteiger partial charge in [0, 0.05) is 41.0 Å². The van der Waals surface area contributed by atoms with Gasteiger partial charge in [0.25, 0.3) is 0 Å². The summed E-state index contributed by atoms with van der Waals surface area (Å²) in [5, 5.41) is 16.1. The van der Waals surface area contributed by atoms with Crippen LogP contribution >= 0.6 is 11.6 Å². The molecule has 9 heteroatoms. The molecule has 7 rings (SSSR count). The molecule has 2 aromatic carbocycles. The monoisotopic (exact) mass is 626 g/mol. The van der Waals surface area contributed by atoms with E-state index in [1.54, 1.807) is 4.52 Å². The van der Waals surface area contributed by atoms with E-state index in [4.69, 9.17) is 31.2 Å². The Bertz CT molecular complexity index is 1810. The van der Waals surface area contributed by atoms with E-state index in [2.05, 4.69) is 30.0 Å². The van der Waals surface area contributed by atoms with Crippen LogP contribution in [0.3, 0.4) is 0 Å². The molecule has 0 saturated carbocycles. The van der Waals surface area contributed by atoms with Crippen molar-refractivity contribution in [3.05, 3.63) is 89.1 Å². The summed E-state index contributed by atoms with van der Waals surface area (Å²) >= 11 is 6.44. The molecule has 8 nitrogen and oxygen atoms in total. The summed E-state index contributed by atoms with van der Waals surface area (Å²) < 4.78 is 14.2. The number of carbonyl (C=O) groups is 1. The second-order valence-corrected chi connectivity index (χ2v) is 13.6. The normalized spacial score (nSPS) is 18.4. The van der Waals surface area contributed by atoms with E-state index in [1.807, 2.05) is 82.3 Å². The summed E-state index contributed by atoms with van der Waals surface area (Å²) in [5.41, 5.74) is 4.51. The fraction of sp³-hybridized carbons (Fsp3) is 0.361. The van der Waals surface area contributed by atoms with Gasteiger partial charge in [-0.05, 0) is 81.9 Å². The molecule has 1 N–H and O–H groups in total. The SMILES string of the molecule is Cc1nc2cc3nn2c(c1[C@H](OC(C)(C)C)C(=O)O)N1CCC(C)(/C=C/C=C/COc2ccc(Cl)cc2-c2cccc-3c2)CC1. The topological polar surface area (TPSA) is 89.2 Å². The summed E-state index contributed by atoms with van der Waals surface area (Å²) in [7, 11) is 0. The molecule has 0 amide bonds. The van der Waals surface area contributed by atoms with Crippen molar-refractivity contribution in [2.75, 3.05) is 24.6 Å². The van der Waals surface area contributed by atoms with E-state index < -0.39 is 17.7 Å². The number of hydrogen-bond acceptors (Lipinski definition) is 6. The molecule has 5 heterocycles. The van der Waals surface area contributed by atoms with Crippen LogP contribution in [0.1, 0.15) is 57.9 Å². The largest absolute Gasteiger partial charge is 0.489 e. The molecule has 1 fully saturated rings. The van der Waals surface area contributed by atoms with Crippen molar-refractivity contribution in [3.8, 4) is 28.1 Å². The zero-order chi connectivity index (χ0) is 31.9. The molecule has 3 aliphatic rings. The van der Waals surface area contributed by atoms with Crippen LogP contribution in [0.2, 0.25) is 5.02 Å². The Labute approximate surface area is 268 Å². The Balaban J connectivity index is 1.57. The first-order valence-corrected chi connectivity index (χ1v) is 15.7. The van der Waals surface area contributed by atoms with Crippen LogP contribution in [-0.2, 0) is 9.53 Å². The molecular formula is C36H39ClN4O4. The first-order valence-electron chi connectivity index (χ1n) is 15.3. The molecule has 234 valence electrons. The van der Waals surface area contributed by atoms with Crippen LogP contribution in [0.15, 0.2) is 72.8 Å². The van der Waals surface area contributed by atoms with E-state index in [1.165, 1.54) is 0 Å². The molecule has 1 atom stereocenters. The molecule has 6 bridgehead atoms. The molecule has 1 saturated heterocycles. The summed E-state index contributed by atoms with van der Waals surface area (Å²) in [6, 6.07) is 15.7. The van der Waals surface area contributed by atoms with Crippen molar-refractivity contribution in [2.24, 2.45) is 5.41 Å². The van der Waals surface area contributed by atoms with Gasteiger partial charge in [-0.25, -0.2) is 9.78 Å². The number of rotatable bonds is 3. The fourth-order valence-electron chi connectivity index (χ4n) is 6.11. The van der Waals surface area contributed by atoms with E-state index >= 15 is 0 Å². The van der Waals surface area contributed by atoms with Crippen molar-refractivity contribution >= 4 is 29.0 Å². The standard InChI is InChI=1S/C36H39ClN4O4/c1-23-31(32(34(42)43)45-35(2,3)4)33-40-17-15-36(5,16-18-40)14-7-6-8-19-44-29-13-12-26(37)21-27(29)24-10-9-11-25(20-24)28-22-30(38-23)41(33)39-28/h6-14,20-22,32H,15-19H2,1-5H3,(H,42,43)/b8-6+,14-7+/t32-/m0/s1. The van der Waals surface area contributed by atoms with Gasteiger partial charge >= 0.3 is 5.97 Å². The minimum atomic E-state index is -1.21. The minimum Gasteiger partial charge on any atom is -0.489 e. The first-order chi connectivity index (χ1) is 21.4. The lowest BCUT2D eigenvalue weighted by Crippen LogP contribution is -2.40. The lowest BCUT2D eigenvalue weighted by Gasteiger charge is -2.40. The van der Waals surface area contributed by atoms with E-state index in [9.17, 15) is 9.90 Å². The van der Waals surface area contributed by atoms with Gasteiger partial charge in [-0.15, -0.1) is 0 Å². The molecule has 0 spiro atoms. The zero-order valence-corrected chi connectivity index (χ0v) is 27.1. The van der Waals surface area contributed by atoms with Crippen molar-refractivity contribution in [2.45, 2.75) is 59.2 Å². The number of ether oxygens (including phenoxy) is 2. The zero-order valence-electron chi connectivity index (χ0n) is 26.4. The van der Waals surface area contributed by atoms with Crippen LogP contribution in [0.25, 0.3) is 28.0 Å². The maximum absolute atomic E-state index is 12.8. The highest BCUT2D eigenvalue weighted by atomic mass is 35.5. The predicted octanol–water partition coefficient (Wildman–Crippen LogP) is 8.08. The number of aryl methyl sites for hydroxylation is 1. The number of anilines is 1. The van der Waals surface area contributed by atoms with Gasteiger partial charge in [0.15, 0.2) is 11.8 Å². The summed E-state index contributed by atoms with van der Waals surface area (Å²) in [4.78, 5) is 19.9. The van der Waals surface area contributed by atoms with Crippen molar-refractivity contribution < 1.29 is 19.4 Å². The number of carboxylic acid groups (broad SMARTS) is 1. The third-order valence-corrected chi connectivity index (χ3v) is 8.69. The number of fused-ring (bicyclic) bond motifs is 5. The number of aliphatic carboxylic acids is 1. The lowest BCUT2D eigenvalue weighted by atomic mass is 9.80. The molecule has 0 unspecified atom stereocenters. The molecule has 3 aliphatic heterocycles. The molecule has 2 aromatic heterocycles. The Kier molecular flexibility index (Phi) is 8.22. The number of piperidine rings is 1.